The third-order valence-electron chi connectivity index (χ3n) is 9.39. The molecule has 11 heteroatoms. The predicted molar refractivity (Wildman–Crippen MR) is 168 cm³/mol. The van der Waals surface area contributed by atoms with E-state index in [-0.39, 0.29) is 23.6 Å². The average Bonchev–Trinajstić information content (AvgIpc) is 3.46. The van der Waals surface area contributed by atoms with Crippen LogP contribution in [0, 0.1) is 17.2 Å². The summed E-state index contributed by atoms with van der Waals surface area (Å²) in [4.78, 5) is 34.2. The zero-order valence-corrected chi connectivity index (χ0v) is 25.7. The minimum absolute atomic E-state index is 0.0829. The molecule has 0 spiro atoms. The van der Waals surface area contributed by atoms with E-state index in [1.807, 2.05) is 24.3 Å². The molecule has 2 N–H and O–H groups in total. The van der Waals surface area contributed by atoms with Gasteiger partial charge in [0.25, 0.3) is 5.56 Å². The number of benzene rings is 1. The number of likely N-dealkylation sites (tertiary alicyclic amines) is 1. The van der Waals surface area contributed by atoms with Gasteiger partial charge >= 0.3 is 6.09 Å². The second-order valence-electron chi connectivity index (χ2n) is 13.3. The van der Waals surface area contributed by atoms with Crippen molar-refractivity contribution in [2.75, 3.05) is 24.6 Å². The van der Waals surface area contributed by atoms with Gasteiger partial charge in [-0.1, -0.05) is 20.8 Å². The van der Waals surface area contributed by atoms with Crippen molar-refractivity contribution in [2.24, 2.45) is 5.92 Å². The highest BCUT2D eigenvalue weighted by molar-refractivity contribution is 7.19. The molecule has 7 rings (SSSR count). The fraction of sp³-hybridized carbons (Fsp3) is 0.424. The maximum Gasteiger partial charge on any atom is 0.407 e. The van der Waals surface area contributed by atoms with Crippen LogP contribution in [0.15, 0.2) is 47.5 Å². The number of hydrogen-bond donors (Lipinski definition) is 2. The van der Waals surface area contributed by atoms with Crippen molar-refractivity contribution in [3.8, 4) is 17.2 Å². The molecule has 4 atom stereocenters. The second kappa shape index (κ2) is 10.4. The Balaban J connectivity index is 1.31. The number of pyridine rings is 1. The Morgan fingerprint density at radius 1 is 1.16 bits per heavy atom. The molecule has 3 aliphatic rings. The van der Waals surface area contributed by atoms with E-state index in [0.717, 1.165) is 56.0 Å². The number of carboxylic acid groups (broad SMARTS) is 1. The third-order valence-corrected chi connectivity index (χ3v) is 10.5. The molecule has 3 aromatic heterocycles. The summed E-state index contributed by atoms with van der Waals surface area (Å²) in [6.07, 6.45) is 4.11. The minimum atomic E-state index is -1.02. The summed E-state index contributed by atoms with van der Waals surface area (Å²) < 4.78 is 2.43. The van der Waals surface area contributed by atoms with E-state index < -0.39 is 12.1 Å². The molecule has 0 radical (unpaired) electrons. The van der Waals surface area contributed by atoms with Gasteiger partial charge in [-0.2, -0.15) is 10.4 Å². The normalized spacial score (nSPS) is 22.5. The van der Waals surface area contributed by atoms with Crippen LogP contribution in [0.5, 0.6) is 0 Å². The topological polar surface area (TPSA) is 136 Å². The Morgan fingerprint density at radius 2 is 1.98 bits per heavy atom. The van der Waals surface area contributed by atoms with Gasteiger partial charge in [0.15, 0.2) is 0 Å². The number of thiophene rings is 1. The Kier molecular flexibility index (Phi) is 6.75. The fourth-order valence-corrected chi connectivity index (χ4v) is 8.07. The highest BCUT2D eigenvalue weighted by Crippen LogP contribution is 2.58. The van der Waals surface area contributed by atoms with Gasteiger partial charge in [0.05, 0.1) is 47.2 Å². The molecule has 5 heterocycles. The maximum atomic E-state index is 12.9. The van der Waals surface area contributed by atoms with Gasteiger partial charge in [0, 0.05) is 53.1 Å². The Labute approximate surface area is 258 Å². The lowest BCUT2D eigenvalue weighted by Crippen LogP contribution is -2.42. The summed E-state index contributed by atoms with van der Waals surface area (Å²) in [6, 6.07) is 11.4. The van der Waals surface area contributed by atoms with Gasteiger partial charge < -0.3 is 20.0 Å². The molecule has 0 bridgehead atoms. The van der Waals surface area contributed by atoms with E-state index in [1.165, 1.54) is 9.58 Å². The van der Waals surface area contributed by atoms with Gasteiger partial charge in [-0.15, -0.1) is 11.3 Å². The summed E-state index contributed by atoms with van der Waals surface area (Å²) >= 11 is 1.57. The SMILES string of the molecule is CC(C)(C)c1cnn(Cc2cc3nccc(-c4cc(C#N)cc5c4N([C@H]4C[C@H](CO)N(C(=O)O)C4)CC4CC54)c3s2)c(=O)c1. The number of nitrogens with zero attached hydrogens (tertiary/aromatic N) is 6. The molecule has 2 aliphatic heterocycles. The van der Waals surface area contributed by atoms with Crippen LogP contribution in [0.1, 0.15) is 61.1 Å². The molecule has 2 fully saturated rings. The molecule has 1 amide bonds. The van der Waals surface area contributed by atoms with E-state index in [2.05, 4.69) is 41.8 Å². The van der Waals surface area contributed by atoms with Gasteiger partial charge in [0.1, 0.15) is 0 Å². The summed E-state index contributed by atoms with van der Waals surface area (Å²) in [5.41, 5.74) is 6.05. The molecule has 1 saturated carbocycles. The largest absolute Gasteiger partial charge is 0.465 e. The highest BCUT2D eigenvalue weighted by Gasteiger charge is 2.49. The van der Waals surface area contributed by atoms with Crippen LogP contribution >= 0.6 is 11.3 Å². The van der Waals surface area contributed by atoms with Crippen LogP contribution in [-0.2, 0) is 12.0 Å². The van der Waals surface area contributed by atoms with E-state index in [4.69, 9.17) is 0 Å². The van der Waals surface area contributed by atoms with Crippen LogP contribution in [0.3, 0.4) is 0 Å². The van der Waals surface area contributed by atoms with Crippen molar-refractivity contribution in [1.82, 2.24) is 19.7 Å². The number of rotatable bonds is 5. The third kappa shape index (κ3) is 4.82. The molecule has 226 valence electrons. The zero-order chi connectivity index (χ0) is 30.9. The van der Waals surface area contributed by atoms with Gasteiger partial charge in [-0.25, -0.2) is 9.48 Å². The van der Waals surface area contributed by atoms with E-state index in [0.29, 0.717) is 36.9 Å². The lowest BCUT2D eigenvalue weighted by atomic mass is 9.89. The predicted octanol–water partition coefficient (Wildman–Crippen LogP) is 4.77. The van der Waals surface area contributed by atoms with Crippen molar-refractivity contribution in [2.45, 2.75) is 63.6 Å². The number of aliphatic hydroxyl groups excluding tert-OH is 1. The van der Waals surface area contributed by atoms with E-state index in [9.17, 15) is 25.1 Å². The highest BCUT2D eigenvalue weighted by atomic mass is 32.1. The molecule has 1 saturated heterocycles. The van der Waals surface area contributed by atoms with E-state index in [1.54, 1.807) is 29.8 Å². The molecule has 1 aromatic carbocycles. The van der Waals surface area contributed by atoms with Crippen molar-refractivity contribution >= 4 is 33.3 Å². The molecular weight excluding hydrogens is 576 g/mol. The first kappa shape index (κ1) is 28.5. The Bertz CT molecular complexity index is 1900. The van der Waals surface area contributed by atoms with Crippen molar-refractivity contribution < 1.29 is 15.0 Å². The smallest absolute Gasteiger partial charge is 0.407 e. The number of fused-ring (bicyclic) bond motifs is 4. The number of aromatic nitrogens is 3. The molecular formula is C33H34N6O4S. The van der Waals surface area contributed by atoms with Crippen molar-refractivity contribution in [3.05, 3.63) is 74.6 Å². The van der Waals surface area contributed by atoms with Crippen LogP contribution in [-0.4, -0.2) is 67.8 Å². The van der Waals surface area contributed by atoms with E-state index >= 15 is 0 Å². The molecule has 44 heavy (non-hydrogen) atoms. The first-order valence-electron chi connectivity index (χ1n) is 15.0. The minimum Gasteiger partial charge on any atom is -0.465 e. The summed E-state index contributed by atoms with van der Waals surface area (Å²) in [6.45, 7) is 7.41. The summed E-state index contributed by atoms with van der Waals surface area (Å²) in [7, 11) is 0. The number of aliphatic hydroxyl groups is 1. The Morgan fingerprint density at radius 3 is 2.66 bits per heavy atom. The monoisotopic (exact) mass is 610 g/mol. The molecule has 10 nitrogen and oxygen atoms in total. The van der Waals surface area contributed by atoms with Crippen LogP contribution in [0.4, 0.5) is 10.5 Å². The number of carbonyl (C=O) groups is 1. The molecule has 2 unspecified atom stereocenters. The molecule has 4 aromatic rings. The zero-order valence-electron chi connectivity index (χ0n) is 24.9. The van der Waals surface area contributed by atoms with Gasteiger partial charge in [-0.3, -0.25) is 9.78 Å². The summed E-state index contributed by atoms with van der Waals surface area (Å²) in [5.74, 6) is 0.848. The number of hydrogen-bond acceptors (Lipinski definition) is 8. The number of nitriles is 1. The Hall–Kier alpha value is -4.27. The van der Waals surface area contributed by atoms with Gasteiger partial charge in [-0.05, 0) is 65.5 Å². The lowest BCUT2D eigenvalue weighted by Gasteiger charge is -2.37. The first-order chi connectivity index (χ1) is 21.0. The quantitative estimate of drug-likeness (QED) is 0.330. The van der Waals surface area contributed by atoms with Crippen molar-refractivity contribution in [3.63, 3.8) is 0 Å². The van der Waals surface area contributed by atoms with Crippen LogP contribution in [0.25, 0.3) is 21.3 Å². The molecule has 1 aliphatic carbocycles. The second-order valence-corrected chi connectivity index (χ2v) is 14.4. The first-order valence-corrected chi connectivity index (χ1v) is 15.8. The van der Waals surface area contributed by atoms with Gasteiger partial charge in [0.2, 0.25) is 0 Å². The summed E-state index contributed by atoms with van der Waals surface area (Å²) in [5, 5.41) is 34.2. The maximum absolute atomic E-state index is 12.9. The lowest BCUT2D eigenvalue weighted by molar-refractivity contribution is 0.118. The average molecular weight is 611 g/mol. The fourth-order valence-electron chi connectivity index (χ4n) is 6.95. The standard InChI is InChI=1S/C33H34N6O4S/c1-33(2,3)20-9-29(41)39(36-13-20)16-23-11-28-31(44-23)24(4-5-35-28)26-6-18(12-34)7-27-25-8-19(25)14-37(30(26)27)21-10-22(17-40)38(15-21)32(42)43/h4-7,9,11,13,19,21-22,25,40H,8,10,14-17H2,1-3H3,(H,42,43)/t19?,21-,22+,25?/m0/s1. The number of anilines is 1. The van der Waals surface area contributed by atoms with Crippen LogP contribution in [0.2, 0.25) is 0 Å². The van der Waals surface area contributed by atoms with Crippen molar-refractivity contribution in [1.29, 1.82) is 5.26 Å². The number of amides is 1. The van der Waals surface area contributed by atoms with Crippen LogP contribution < -0.4 is 10.5 Å².